The predicted molar refractivity (Wildman–Crippen MR) is 141 cm³/mol. The molecule has 2 aliphatic rings. The van der Waals surface area contributed by atoms with Gasteiger partial charge in [0.1, 0.15) is 11.9 Å². The van der Waals surface area contributed by atoms with Crippen molar-refractivity contribution in [2.24, 2.45) is 17.3 Å². The molecule has 0 fully saturated rings. The second-order valence-corrected chi connectivity index (χ2v) is 10.5. The van der Waals surface area contributed by atoms with Gasteiger partial charge in [-0.05, 0) is 43.4 Å². The van der Waals surface area contributed by atoms with Crippen LogP contribution in [0.4, 0.5) is 0 Å². The Labute approximate surface area is 219 Å². The number of ether oxygens (including phenoxy) is 3. The molecule has 3 rings (SSSR count). The maximum absolute atomic E-state index is 12.5. The highest BCUT2D eigenvalue weighted by atomic mass is 16.5. The van der Waals surface area contributed by atoms with Crippen molar-refractivity contribution < 1.29 is 34.0 Å². The van der Waals surface area contributed by atoms with Crippen LogP contribution in [0.5, 0.6) is 0 Å². The summed E-state index contributed by atoms with van der Waals surface area (Å²) >= 11 is 0. The Bertz CT molecular complexity index is 1010. The minimum absolute atomic E-state index is 0.0480. The van der Waals surface area contributed by atoms with Crippen LogP contribution in [0.15, 0.2) is 60.4 Å². The summed E-state index contributed by atoms with van der Waals surface area (Å²) in [5.41, 5.74) is 0.825. The lowest BCUT2D eigenvalue weighted by Crippen LogP contribution is -2.33. The summed E-state index contributed by atoms with van der Waals surface area (Å²) < 4.78 is 16.8. The van der Waals surface area contributed by atoms with E-state index in [0.717, 1.165) is 12.0 Å². The Hall–Kier alpha value is -2.90. The van der Waals surface area contributed by atoms with Crippen molar-refractivity contribution in [3.05, 3.63) is 66.0 Å². The SMILES string of the molecule is CCC(C)(CC(C)C)C(=O)OCCC(O)C(O)CCOC1=CC2OC(=O)C(c3ccccc3)=CC2C=C1. The summed E-state index contributed by atoms with van der Waals surface area (Å²) in [6.07, 6.45) is 6.69. The molecule has 7 heteroatoms. The maximum atomic E-state index is 12.5. The smallest absolute Gasteiger partial charge is 0.339 e. The molecule has 5 atom stereocenters. The molecule has 1 aliphatic carbocycles. The van der Waals surface area contributed by atoms with Crippen molar-refractivity contribution in [3.63, 3.8) is 0 Å². The second-order valence-electron chi connectivity index (χ2n) is 10.5. The Kier molecular flexibility index (Phi) is 10.1. The predicted octanol–water partition coefficient (Wildman–Crippen LogP) is 4.59. The van der Waals surface area contributed by atoms with Gasteiger partial charge in [-0.2, -0.15) is 0 Å². The number of hydrogen-bond donors (Lipinski definition) is 2. The van der Waals surface area contributed by atoms with Gasteiger partial charge < -0.3 is 24.4 Å². The highest BCUT2D eigenvalue weighted by Gasteiger charge is 2.34. The van der Waals surface area contributed by atoms with Gasteiger partial charge in [0.2, 0.25) is 0 Å². The standard InChI is InChI=1S/C30H40O7/c1-5-30(4,19-20(2)3)29(34)36-16-14-26(32)25(31)13-15-35-23-12-11-22-17-24(21-9-7-6-8-10-21)28(33)37-27(22)18-23/h6-12,17-18,20,22,25-27,31-32H,5,13-16,19H2,1-4H3. The molecule has 37 heavy (non-hydrogen) atoms. The normalized spacial score (nSPS) is 22.2. The fourth-order valence-electron chi connectivity index (χ4n) is 4.68. The molecule has 0 aromatic heterocycles. The molecular weight excluding hydrogens is 472 g/mol. The van der Waals surface area contributed by atoms with E-state index in [1.807, 2.05) is 62.4 Å². The van der Waals surface area contributed by atoms with E-state index in [1.54, 1.807) is 6.08 Å². The lowest BCUT2D eigenvalue weighted by Gasteiger charge is -2.29. The van der Waals surface area contributed by atoms with Crippen LogP contribution in [0.2, 0.25) is 0 Å². The third-order valence-corrected chi connectivity index (χ3v) is 7.00. The van der Waals surface area contributed by atoms with Crippen molar-refractivity contribution in [2.75, 3.05) is 13.2 Å². The van der Waals surface area contributed by atoms with E-state index in [1.165, 1.54) is 0 Å². The molecule has 1 aromatic carbocycles. The van der Waals surface area contributed by atoms with Crippen LogP contribution in [0, 0.1) is 17.3 Å². The van der Waals surface area contributed by atoms with Gasteiger partial charge in [-0.25, -0.2) is 4.79 Å². The third-order valence-electron chi connectivity index (χ3n) is 7.00. The van der Waals surface area contributed by atoms with E-state index in [2.05, 4.69) is 13.8 Å². The zero-order valence-corrected chi connectivity index (χ0v) is 22.3. The highest BCUT2D eigenvalue weighted by Crippen LogP contribution is 2.32. The Morgan fingerprint density at radius 1 is 1.08 bits per heavy atom. The van der Waals surface area contributed by atoms with Gasteiger partial charge >= 0.3 is 11.9 Å². The van der Waals surface area contributed by atoms with E-state index < -0.39 is 23.7 Å². The lowest BCUT2D eigenvalue weighted by atomic mass is 9.80. The van der Waals surface area contributed by atoms with Crippen LogP contribution >= 0.6 is 0 Å². The van der Waals surface area contributed by atoms with Crippen molar-refractivity contribution in [2.45, 2.75) is 71.7 Å². The topological polar surface area (TPSA) is 102 Å². The minimum Gasteiger partial charge on any atom is -0.494 e. The Balaban J connectivity index is 1.41. The highest BCUT2D eigenvalue weighted by molar-refractivity contribution is 6.17. The Morgan fingerprint density at radius 3 is 2.41 bits per heavy atom. The number of allylic oxidation sites excluding steroid dienone is 1. The molecular formula is C30H40O7. The van der Waals surface area contributed by atoms with Gasteiger partial charge in [0.05, 0.1) is 36.4 Å². The van der Waals surface area contributed by atoms with Crippen LogP contribution < -0.4 is 0 Å². The molecule has 1 aliphatic heterocycles. The summed E-state index contributed by atoms with van der Waals surface area (Å²) in [5, 5.41) is 20.6. The number of carbonyl (C=O) groups excluding carboxylic acids is 2. The quantitative estimate of drug-likeness (QED) is 0.373. The maximum Gasteiger partial charge on any atom is 0.339 e. The van der Waals surface area contributed by atoms with Crippen LogP contribution in [0.25, 0.3) is 5.57 Å². The first-order valence-electron chi connectivity index (χ1n) is 13.2. The molecule has 0 spiro atoms. The van der Waals surface area contributed by atoms with E-state index in [9.17, 15) is 19.8 Å². The zero-order valence-electron chi connectivity index (χ0n) is 22.3. The van der Waals surface area contributed by atoms with Crippen molar-refractivity contribution >= 4 is 17.5 Å². The van der Waals surface area contributed by atoms with E-state index in [0.29, 0.717) is 23.7 Å². The molecule has 2 N–H and O–H groups in total. The molecule has 0 amide bonds. The molecule has 7 nitrogen and oxygen atoms in total. The van der Waals surface area contributed by atoms with Crippen LogP contribution in [-0.2, 0) is 23.8 Å². The number of aliphatic hydroxyl groups excluding tert-OH is 2. The van der Waals surface area contributed by atoms with Gasteiger partial charge in [0.15, 0.2) is 0 Å². The molecule has 202 valence electrons. The van der Waals surface area contributed by atoms with Gasteiger partial charge in [0.25, 0.3) is 0 Å². The molecule has 0 radical (unpaired) electrons. The average molecular weight is 513 g/mol. The third kappa shape index (κ3) is 7.79. The minimum atomic E-state index is -1.03. The summed E-state index contributed by atoms with van der Waals surface area (Å²) in [7, 11) is 0. The molecule has 1 aromatic rings. The molecule has 0 bridgehead atoms. The van der Waals surface area contributed by atoms with E-state index in [-0.39, 0.29) is 43.9 Å². The number of esters is 2. The largest absolute Gasteiger partial charge is 0.494 e. The van der Waals surface area contributed by atoms with Crippen molar-refractivity contribution in [1.29, 1.82) is 0 Å². The Morgan fingerprint density at radius 2 is 1.76 bits per heavy atom. The first kappa shape index (κ1) is 28.7. The van der Waals surface area contributed by atoms with Crippen LogP contribution in [0.1, 0.15) is 58.9 Å². The fraction of sp³-hybridized carbons (Fsp3) is 0.533. The number of rotatable bonds is 13. The number of carbonyl (C=O) groups is 2. The summed E-state index contributed by atoms with van der Waals surface area (Å²) in [5.74, 6) is 0.201. The molecule has 0 saturated heterocycles. The van der Waals surface area contributed by atoms with Crippen molar-refractivity contribution in [1.82, 2.24) is 0 Å². The molecule has 5 unspecified atom stereocenters. The first-order valence-corrected chi connectivity index (χ1v) is 13.2. The monoisotopic (exact) mass is 512 g/mol. The summed E-state index contributed by atoms with van der Waals surface area (Å²) in [6.45, 7) is 8.24. The van der Waals surface area contributed by atoms with E-state index >= 15 is 0 Å². The average Bonchev–Trinajstić information content (AvgIpc) is 2.88. The van der Waals surface area contributed by atoms with Crippen molar-refractivity contribution in [3.8, 4) is 0 Å². The zero-order chi connectivity index (χ0) is 27.0. The first-order chi connectivity index (χ1) is 17.6. The van der Waals surface area contributed by atoms with Gasteiger partial charge in [-0.3, -0.25) is 4.79 Å². The summed E-state index contributed by atoms with van der Waals surface area (Å²) in [4.78, 5) is 25.0. The number of fused-ring (bicyclic) bond motifs is 1. The second kappa shape index (κ2) is 13.1. The van der Waals surface area contributed by atoms with Gasteiger partial charge in [-0.15, -0.1) is 0 Å². The summed E-state index contributed by atoms with van der Waals surface area (Å²) in [6, 6.07) is 9.42. The van der Waals surface area contributed by atoms with Gasteiger partial charge in [-0.1, -0.05) is 63.3 Å². The number of aliphatic hydroxyl groups is 2. The molecule has 1 heterocycles. The van der Waals surface area contributed by atoms with Crippen LogP contribution in [0.3, 0.4) is 0 Å². The van der Waals surface area contributed by atoms with Gasteiger partial charge in [0, 0.05) is 18.8 Å². The lowest BCUT2D eigenvalue weighted by molar-refractivity contribution is -0.157. The number of hydrogen-bond acceptors (Lipinski definition) is 7. The fourth-order valence-corrected chi connectivity index (χ4v) is 4.68. The molecule has 0 saturated carbocycles. The van der Waals surface area contributed by atoms with E-state index in [4.69, 9.17) is 14.2 Å². The van der Waals surface area contributed by atoms with Crippen LogP contribution in [-0.4, -0.2) is 53.7 Å². The number of benzene rings is 1.